The van der Waals surface area contributed by atoms with Gasteiger partial charge in [0.25, 0.3) is 0 Å². The molecule has 0 aliphatic rings. The fourth-order valence-electron chi connectivity index (χ4n) is 1.61. The number of nitrogens with zero attached hydrogens (tertiary/aromatic N) is 1. The van der Waals surface area contributed by atoms with E-state index in [2.05, 4.69) is 4.74 Å². The molecule has 0 aliphatic carbocycles. The molecular formula is C15H16N2O5. The van der Waals surface area contributed by atoms with E-state index in [1.807, 2.05) is 0 Å². The number of nitriles is 1. The minimum atomic E-state index is -2.18. The highest BCUT2D eigenvalue weighted by atomic mass is 16.6. The van der Waals surface area contributed by atoms with Crippen molar-refractivity contribution < 1.29 is 23.9 Å². The Balaban J connectivity index is 2.81. The zero-order valence-electron chi connectivity index (χ0n) is 12.1. The Labute approximate surface area is 127 Å². The van der Waals surface area contributed by atoms with Crippen LogP contribution in [-0.2, 0) is 30.5 Å². The van der Waals surface area contributed by atoms with Gasteiger partial charge < -0.3 is 15.2 Å². The van der Waals surface area contributed by atoms with Crippen LogP contribution in [-0.4, -0.2) is 23.4 Å². The first-order chi connectivity index (χ1) is 10.4. The van der Waals surface area contributed by atoms with Gasteiger partial charge in [-0.05, 0) is 5.56 Å². The summed E-state index contributed by atoms with van der Waals surface area (Å²) in [6.07, 6.45) is -0.465. The van der Waals surface area contributed by atoms with Gasteiger partial charge in [0.15, 0.2) is 0 Å². The van der Waals surface area contributed by atoms with Gasteiger partial charge in [0, 0.05) is 19.8 Å². The molecule has 7 heteroatoms. The lowest BCUT2D eigenvalue weighted by atomic mass is 9.95. The van der Waals surface area contributed by atoms with Crippen molar-refractivity contribution in [3.63, 3.8) is 0 Å². The lowest BCUT2D eigenvalue weighted by molar-refractivity contribution is -0.170. The van der Waals surface area contributed by atoms with Crippen molar-refractivity contribution in [1.82, 2.24) is 0 Å². The molecule has 0 bridgehead atoms. The van der Waals surface area contributed by atoms with Gasteiger partial charge in [-0.25, -0.2) is 9.59 Å². The molecule has 2 N–H and O–H groups in total. The van der Waals surface area contributed by atoms with Gasteiger partial charge in [0.1, 0.15) is 6.61 Å². The van der Waals surface area contributed by atoms with Crippen molar-refractivity contribution in [2.75, 3.05) is 0 Å². The fourth-order valence-corrected chi connectivity index (χ4v) is 1.61. The van der Waals surface area contributed by atoms with E-state index in [0.717, 1.165) is 6.92 Å². The quantitative estimate of drug-likeness (QED) is 0.610. The summed E-state index contributed by atoms with van der Waals surface area (Å²) in [5.74, 6) is -3.17. The van der Waals surface area contributed by atoms with Gasteiger partial charge >= 0.3 is 17.9 Å². The zero-order valence-corrected chi connectivity index (χ0v) is 12.1. The van der Waals surface area contributed by atoms with Crippen molar-refractivity contribution in [2.45, 2.75) is 31.9 Å². The largest absolute Gasteiger partial charge is 0.459 e. The highest BCUT2D eigenvalue weighted by Gasteiger charge is 2.45. The molecule has 116 valence electrons. The molecule has 0 aromatic heterocycles. The molecule has 0 aliphatic heterocycles. The molecule has 0 unspecified atom stereocenters. The summed E-state index contributed by atoms with van der Waals surface area (Å²) in [6, 6.07) is 10.6. The SMILES string of the molecule is CC(=O)OC(=O)[C@](N)(CCC#N)C(=O)OCc1ccccc1. The average Bonchev–Trinajstić information content (AvgIpc) is 2.50. The minimum absolute atomic E-state index is 0.0848. The third-order valence-electron chi connectivity index (χ3n) is 2.81. The lowest BCUT2D eigenvalue weighted by Gasteiger charge is -2.23. The summed E-state index contributed by atoms with van der Waals surface area (Å²) >= 11 is 0. The predicted molar refractivity (Wildman–Crippen MR) is 74.8 cm³/mol. The van der Waals surface area contributed by atoms with Gasteiger partial charge in [-0.15, -0.1) is 0 Å². The second-order valence-corrected chi connectivity index (χ2v) is 4.57. The number of nitrogens with two attached hydrogens (primary N) is 1. The summed E-state index contributed by atoms with van der Waals surface area (Å²) in [6.45, 7) is 0.927. The molecule has 22 heavy (non-hydrogen) atoms. The van der Waals surface area contributed by atoms with Crippen molar-refractivity contribution in [1.29, 1.82) is 5.26 Å². The fraction of sp³-hybridized carbons (Fsp3) is 0.333. The summed E-state index contributed by atoms with van der Waals surface area (Å²) < 4.78 is 9.38. The van der Waals surface area contributed by atoms with E-state index in [1.165, 1.54) is 0 Å². The second-order valence-electron chi connectivity index (χ2n) is 4.57. The van der Waals surface area contributed by atoms with Crippen LogP contribution >= 0.6 is 0 Å². The highest BCUT2D eigenvalue weighted by molar-refractivity contribution is 6.07. The van der Waals surface area contributed by atoms with E-state index in [4.69, 9.17) is 15.7 Å². The number of benzene rings is 1. The van der Waals surface area contributed by atoms with Crippen LogP contribution in [0.1, 0.15) is 25.3 Å². The van der Waals surface area contributed by atoms with Crippen molar-refractivity contribution in [3.05, 3.63) is 35.9 Å². The molecule has 0 fully saturated rings. The van der Waals surface area contributed by atoms with Crippen LogP contribution in [0, 0.1) is 11.3 Å². The topological polar surface area (TPSA) is 119 Å². The molecule has 0 saturated carbocycles. The first-order valence-corrected chi connectivity index (χ1v) is 6.50. The van der Waals surface area contributed by atoms with Crippen LogP contribution < -0.4 is 5.73 Å². The number of rotatable bonds is 6. The Morgan fingerprint density at radius 2 is 1.86 bits per heavy atom. The molecular weight excluding hydrogens is 288 g/mol. The van der Waals surface area contributed by atoms with E-state index >= 15 is 0 Å². The molecule has 1 atom stereocenters. The summed E-state index contributed by atoms with van der Waals surface area (Å²) in [7, 11) is 0. The standard InChI is InChI=1S/C15H16N2O5/c1-11(18)22-14(20)15(17,8-5-9-16)13(19)21-10-12-6-3-2-4-7-12/h2-4,6-7H,5,8,10,17H2,1H3/t15-/m0/s1. The van der Waals surface area contributed by atoms with Crippen LogP contribution in [0.25, 0.3) is 0 Å². The number of hydrogen-bond donors (Lipinski definition) is 1. The Morgan fingerprint density at radius 1 is 1.23 bits per heavy atom. The smallest absolute Gasteiger partial charge is 0.345 e. The van der Waals surface area contributed by atoms with E-state index in [-0.39, 0.29) is 19.4 Å². The Bertz CT molecular complexity index is 594. The first-order valence-electron chi connectivity index (χ1n) is 6.50. The molecule has 0 spiro atoms. The van der Waals surface area contributed by atoms with E-state index in [1.54, 1.807) is 36.4 Å². The van der Waals surface area contributed by atoms with Crippen LogP contribution in [0.4, 0.5) is 0 Å². The van der Waals surface area contributed by atoms with Crippen LogP contribution in [0.3, 0.4) is 0 Å². The molecule has 0 saturated heterocycles. The van der Waals surface area contributed by atoms with E-state index in [9.17, 15) is 14.4 Å². The Hall–Kier alpha value is -2.72. The maximum absolute atomic E-state index is 12.1. The van der Waals surface area contributed by atoms with E-state index < -0.39 is 23.4 Å². The maximum Gasteiger partial charge on any atom is 0.345 e. The monoisotopic (exact) mass is 304 g/mol. The number of hydrogen-bond acceptors (Lipinski definition) is 7. The maximum atomic E-state index is 12.1. The summed E-state index contributed by atoms with van der Waals surface area (Å²) in [5.41, 5.74) is 4.25. The number of ether oxygens (including phenoxy) is 2. The molecule has 0 amide bonds. The Kier molecular flexibility index (Phi) is 6.23. The molecule has 1 aromatic carbocycles. The molecule has 7 nitrogen and oxygen atoms in total. The van der Waals surface area contributed by atoms with Gasteiger partial charge in [0.2, 0.25) is 5.54 Å². The van der Waals surface area contributed by atoms with Gasteiger partial charge in [-0.3, -0.25) is 4.79 Å². The Morgan fingerprint density at radius 3 is 2.41 bits per heavy atom. The van der Waals surface area contributed by atoms with Gasteiger partial charge in [-0.1, -0.05) is 30.3 Å². The number of esters is 3. The summed E-state index contributed by atoms with van der Waals surface area (Å²) in [4.78, 5) is 34.8. The van der Waals surface area contributed by atoms with Crippen LogP contribution in [0.15, 0.2) is 30.3 Å². The number of carbonyl (C=O) groups excluding carboxylic acids is 3. The second kappa shape index (κ2) is 7.90. The van der Waals surface area contributed by atoms with E-state index in [0.29, 0.717) is 5.56 Å². The van der Waals surface area contributed by atoms with Crippen molar-refractivity contribution in [3.8, 4) is 6.07 Å². The highest BCUT2D eigenvalue weighted by Crippen LogP contribution is 2.16. The lowest BCUT2D eigenvalue weighted by Crippen LogP contribution is -2.56. The van der Waals surface area contributed by atoms with Gasteiger partial charge in [0.05, 0.1) is 6.07 Å². The van der Waals surface area contributed by atoms with Crippen LogP contribution in [0.2, 0.25) is 0 Å². The average molecular weight is 304 g/mol. The molecule has 0 radical (unpaired) electrons. The predicted octanol–water partition coefficient (Wildman–Crippen LogP) is 0.821. The normalized spacial score (nSPS) is 12.6. The van der Waals surface area contributed by atoms with Gasteiger partial charge in [-0.2, -0.15) is 5.26 Å². The first kappa shape index (κ1) is 17.3. The summed E-state index contributed by atoms with van der Waals surface area (Å²) in [5, 5.41) is 8.61. The van der Waals surface area contributed by atoms with Crippen molar-refractivity contribution >= 4 is 17.9 Å². The number of carbonyl (C=O) groups is 3. The third kappa shape index (κ3) is 4.68. The minimum Gasteiger partial charge on any atom is -0.459 e. The molecule has 1 aromatic rings. The molecule has 1 rings (SSSR count). The zero-order chi connectivity index (χ0) is 16.6. The third-order valence-corrected chi connectivity index (χ3v) is 2.81. The molecule has 0 heterocycles. The van der Waals surface area contributed by atoms with Crippen molar-refractivity contribution in [2.24, 2.45) is 5.73 Å². The van der Waals surface area contributed by atoms with Crippen LogP contribution in [0.5, 0.6) is 0 Å².